The number of nitrogens with zero attached hydrogens (tertiary/aromatic N) is 4. The lowest BCUT2D eigenvalue weighted by Gasteiger charge is -2.15. The first kappa shape index (κ1) is 25.1. The zero-order chi connectivity index (χ0) is 30.2. The lowest BCUT2D eigenvalue weighted by Crippen LogP contribution is -1.99. The summed E-state index contributed by atoms with van der Waals surface area (Å²) < 4.78 is 4.84. The first-order valence-corrected chi connectivity index (χ1v) is 15.6. The largest absolute Gasteiger partial charge is 0.309 e. The minimum atomic E-state index is 0.870. The van der Waals surface area contributed by atoms with Gasteiger partial charge >= 0.3 is 0 Å². The predicted molar refractivity (Wildman–Crippen MR) is 191 cm³/mol. The number of benzene rings is 7. The molecule has 0 aliphatic carbocycles. The van der Waals surface area contributed by atoms with Crippen molar-refractivity contribution in [1.29, 1.82) is 0 Å². The minimum absolute atomic E-state index is 0.870. The van der Waals surface area contributed by atoms with E-state index in [-0.39, 0.29) is 0 Å². The van der Waals surface area contributed by atoms with Crippen molar-refractivity contribution in [1.82, 2.24) is 19.1 Å². The number of hydrogen-bond acceptors (Lipinski definition) is 2. The highest BCUT2D eigenvalue weighted by molar-refractivity contribution is 6.21. The van der Waals surface area contributed by atoms with Gasteiger partial charge in [-0.1, -0.05) is 91.0 Å². The fourth-order valence-electron chi connectivity index (χ4n) is 7.31. The maximum atomic E-state index is 4.73. The topological polar surface area (TPSA) is 35.6 Å². The summed E-state index contributed by atoms with van der Waals surface area (Å²) in [5.74, 6) is 0. The zero-order valence-corrected chi connectivity index (χ0v) is 24.8. The van der Waals surface area contributed by atoms with Crippen LogP contribution in [0.5, 0.6) is 0 Å². The molecular weight excluding hydrogens is 560 g/mol. The summed E-state index contributed by atoms with van der Waals surface area (Å²) in [5, 5.41) is 7.42. The number of para-hydroxylation sites is 2. The van der Waals surface area contributed by atoms with Gasteiger partial charge in [0.2, 0.25) is 0 Å². The molecule has 0 aliphatic heterocycles. The average molecular weight is 587 g/mol. The summed E-state index contributed by atoms with van der Waals surface area (Å²) >= 11 is 0. The van der Waals surface area contributed by atoms with Crippen LogP contribution in [0.1, 0.15) is 0 Å². The number of hydrogen-bond donors (Lipinski definition) is 0. The van der Waals surface area contributed by atoms with Crippen molar-refractivity contribution in [3.63, 3.8) is 0 Å². The van der Waals surface area contributed by atoms with Gasteiger partial charge in [0, 0.05) is 45.2 Å². The van der Waals surface area contributed by atoms with Gasteiger partial charge < -0.3 is 9.13 Å². The zero-order valence-electron chi connectivity index (χ0n) is 24.8. The fourth-order valence-corrected chi connectivity index (χ4v) is 7.31. The van der Waals surface area contributed by atoms with E-state index >= 15 is 0 Å². The Kier molecular flexibility index (Phi) is 5.25. The first-order chi connectivity index (χ1) is 22.8. The molecule has 0 amide bonds. The van der Waals surface area contributed by atoms with Crippen molar-refractivity contribution in [2.45, 2.75) is 0 Å². The summed E-state index contributed by atoms with van der Waals surface area (Å²) in [5.41, 5.74) is 10.9. The second-order valence-corrected chi connectivity index (χ2v) is 11.9. The monoisotopic (exact) mass is 586 g/mol. The van der Waals surface area contributed by atoms with E-state index in [1.165, 1.54) is 43.4 Å². The molecule has 3 heterocycles. The lowest BCUT2D eigenvalue weighted by atomic mass is 10.0. The normalized spacial score (nSPS) is 11.9. The van der Waals surface area contributed by atoms with Gasteiger partial charge in [-0.05, 0) is 70.9 Å². The van der Waals surface area contributed by atoms with Crippen LogP contribution in [0.15, 0.2) is 158 Å². The predicted octanol–water partition coefficient (Wildman–Crippen LogP) is 10.6. The van der Waals surface area contributed by atoms with Crippen molar-refractivity contribution in [2.24, 2.45) is 0 Å². The van der Waals surface area contributed by atoms with Crippen molar-refractivity contribution in [3.05, 3.63) is 158 Å². The molecule has 10 rings (SSSR count). The molecule has 4 nitrogen and oxygen atoms in total. The third-order valence-corrected chi connectivity index (χ3v) is 9.35. The fraction of sp³-hybridized carbons (Fsp3) is 0. The van der Waals surface area contributed by atoms with E-state index in [0.717, 1.165) is 44.6 Å². The molecule has 0 fully saturated rings. The molecule has 46 heavy (non-hydrogen) atoms. The highest BCUT2D eigenvalue weighted by Gasteiger charge is 2.21. The Labute approximate surface area is 264 Å². The molecule has 0 spiro atoms. The lowest BCUT2D eigenvalue weighted by molar-refractivity contribution is 1.16. The van der Waals surface area contributed by atoms with Gasteiger partial charge in [-0.2, -0.15) is 0 Å². The molecule has 0 atom stereocenters. The number of fused-ring (bicyclic) bond motifs is 8. The maximum absolute atomic E-state index is 4.73. The Morgan fingerprint density at radius 2 is 0.978 bits per heavy atom. The molecule has 0 saturated heterocycles. The molecule has 0 radical (unpaired) electrons. The van der Waals surface area contributed by atoms with Crippen LogP contribution in [0, 0.1) is 0 Å². The Bertz CT molecular complexity index is 2790. The van der Waals surface area contributed by atoms with Gasteiger partial charge in [0.25, 0.3) is 0 Å². The highest BCUT2D eigenvalue weighted by Crippen LogP contribution is 2.42. The molecule has 7 aromatic carbocycles. The van der Waals surface area contributed by atoms with Crippen LogP contribution in [-0.4, -0.2) is 19.1 Å². The molecular formula is C42H26N4. The minimum Gasteiger partial charge on any atom is -0.309 e. The second kappa shape index (κ2) is 9.62. The van der Waals surface area contributed by atoms with Crippen molar-refractivity contribution >= 4 is 65.4 Å². The summed E-state index contributed by atoms with van der Waals surface area (Å²) in [4.78, 5) is 9.40. The SMILES string of the molecule is c1ccc(-c2cc3nccnc3cc2-n2c3ccccc3c3cc4c5cc6ccccc6cc5n(-c5ccccc5)c4cc32)cc1. The van der Waals surface area contributed by atoms with Gasteiger partial charge in [-0.15, -0.1) is 0 Å². The van der Waals surface area contributed by atoms with Crippen LogP contribution in [0.4, 0.5) is 0 Å². The summed E-state index contributed by atoms with van der Waals surface area (Å²) in [7, 11) is 0. The van der Waals surface area contributed by atoms with E-state index in [0.29, 0.717) is 0 Å². The molecule has 0 bridgehead atoms. The number of rotatable bonds is 3. The standard InChI is InChI=1S/C42H26N4/c1-3-11-27(12-4-1)32-24-36-37(44-20-19-43-36)25-40(32)46-38-18-10-9-17-31(38)34-23-35-33-21-28-13-7-8-14-29(28)22-39(33)45(41(35)26-42(34)46)30-15-5-2-6-16-30/h1-26H. The van der Waals surface area contributed by atoms with Crippen LogP contribution in [0.3, 0.4) is 0 Å². The van der Waals surface area contributed by atoms with Crippen molar-refractivity contribution < 1.29 is 0 Å². The molecule has 0 N–H and O–H groups in total. The quantitative estimate of drug-likeness (QED) is 0.206. The van der Waals surface area contributed by atoms with Crippen molar-refractivity contribution in [3.8, 4) is 22.5 Å². The van der Waals surface area contributed by atoms with Crippen LogP contribution in [0.25, 0.3) is 87.9 Å². The third kappa shape index (κ3) is 3.61. The summed E-state index contributed by atoms with van der Waals surface area (Å²) in [6.45, 7) is 0. The molecule has 0 unspecified atom stereocenters. The molecule has 10 aromatic rings. The Morgan fingerprint density at radius 3 is 1.78 bits per heavy atom. The first-order valence-electron chi connectivity index (χ1n) is 15.6. The molecule has 0 saturated carbocycles. The highest BCUT2D eigenvalue weighted by atomic mass is 15.0. The number of aromatic nitrogens is 4. The van der Waals surface area contributed by atoms with Gasteiger partial charge in [-0.3, -0.25) is 9.97 Å². The van der Waals surface area contributed by atoms with E-state index in [2.05, 4.69) is 160 Å². The summed E-state index contributed by atoms with van der Waals surface area (Å²) in [6.07, 6.45) is 3.53. The Balaban J connectivity index is 1.40. The van der Waals surface area contributed by atoms with Crippen LogP contribution in [0.2, 0.25) is 0 Å². The van der Waals surface area contributed by atoms with Crippen LogP contribution >= 0.6 is 0 Å². The van der Waals surface area contributed by atoms with Crippen LogP contribution in [-0.2, 0) is 0 Å². The molecule has 214 valence electrons. The van der Waals surface area contributed by atoms with Gasteiger partial charge in [-0.25, -0.2) is 0 Å². The van der Waals surface area contributed by atoms with E-state index in [1.807, 2.05) is 0 Å². The van der Waals surface area contributed by atoms with E-state index in [9.17, 15) is 0 Å². The molecule has 4 heteroatoms. The van der Waals surface area contributed by atoms with E-state index < -0.39 is 0 Å². The van der Waals surface area contributed by atoms with E-state index in [4.69, 9.17) is 4.98 Å². The van der Waals surface area contributed by atoms with Gasteiger partial charge in [0.15, 0.2) is 0 Å². The molecule has 0 aliphatic rings. The van der Waals surface area contributed by atoms with Gasteiger partial charge in [0.05, 0.1) is 38.8 Å². The third-order valence-electron chi connectivity index (χ3n) is 9.35. The second-order valence-electron chi connectivity index (χ2n) is 11.9. The smallest absolute Gasteiger partial charge is 0.0908 e. The maximum Gasteiger partial charge on any atom is 0.0908 e. The van der Waals surface area contributed by atoms with E-state index in [1.54, 1.807) is 12.4 Å². The van der Waals surface area contributed by atoms with Crippen LogP contribution < -0.4 is 0 Å². The molecule has 3 aromatic heterocycles. The average Bonchev–Trinajstić information content (AvgIpc) is 3.61. The Hall–Kier alpha value is -6.26. The van der Waals surface area contributed by atoms with Crippen molar-refractivity contribution in [2.75, 3.05) is 0 Å². The van der Waals surface area contributed by atoms with Gasteiger partial charge in [0.1, 0.15) is 0 Å². The summed E-state index contributed by atoms with van der Waals surface area (Å²) in [6, 6.07) is 52.6. The Morgan fingerprint density at radius 1 is 0.391 bits per heavy atom.